The first-order valence-corrected chi connectivity index (χ1v) is 4.64. The van der Waals surface area contributed by atoms with Crippen LogP contribution < -0.4 is 0 Å². The van der Waals surface area contributed by atoms with E-state index in [1.54, 1.807) is 0 Å². The number of rotatable bonds is 0. The maximum atomic E-state index is 5.80. The Balaban J connectivity index is 1.99. The van der Waals surface area contributed by atoms with Crippen LogP contribution in [0.5, 0.6) is 0 Å². The average molecular weight is 154 g/mol. The second-order valence-electron chi connectivity index (χ2n) is 5.37. The molecule has 0 aromatic carbocycles. The number of ether oxygens (including phenoxy) is 1. The highest BCUT2D eigenvalue weighted by Crippen LogP contribution is 2.56. The fraction of sp³-hybridized carbons (Fsp3) is 1.00. The Bertz CT molecular complexity index is 162. The molecule has 0 radical (unpaired) electrons. The quantitative estimate of drug-likeness (QED) is 0.521. The Hall–Kier alpha value is -0.0400. The van der Waals surface area contributed by atoms with E-state index in [4.69, 9.17) is 4.74 Å². The fourth-order valence-electron chi connectivity index (χ4n) is 1.87. The lowest BCUT2D eigenvalue weighted by Crippen LogP contribution is -2.25. The molecule has 1 nitrogen and oxygen atoms in total. The van der Waals surface area contributed by atoms with E-state index >= 15 is 0 Å². The van der Waals surface area contributed by atoms with Gasteiger partial charge in [-0.1, -0.05) is 20.8 Å². The molecule has 1 saturated carbocycles. The van der Waals surface area contributed by atoms with Crippen molar-refractivity contribution in [1.29, 1.82) is 0 Å². The Morgan fingerprint density at radius 3 is 2.18 bits per heavy atom. The molecule has 2 fully saturated rings. The minimum absolute atomic E-state index is 0.353. The molecule has 0 bridgehead atoms. The average Bonchev–Trinajstić information content (AvgIpc) is 2.38. The van der Waals surface area contributed by atoms with E-state index in [1.807, 2.05) is 0 Å². The van der Waals surface area contributed by atoms with Gasteiger partial charge >= 0.3 is 0 Å². The molecule has 1 spiro atoms. The summed E-state index contributed by atoms with van der Waals surface area (Å²) in [6.07, 6.45) is 4.67. The topological polar surface area (TPSA) is 9.23 Å². The van der Waals surface area contributed by atoms with Gasteiger partial charge in [0.25, 0.3) is 0 Å². The van der Waals surface area contributed by atoms with E-state index in [-0.39, 0.29) is 0 Å². The molecule has 1 heteroatoms. The molecule has 0 amide bonds. The summed E-state index contributed by atoms with van der Waals surface area (Å²) in [7, 11) is 0. The molecule has 2 rings (SSSR count). The van der Waals surface area contributed by atoms with Crippen molar-refractivity contribution in [2.45, 2.75) is 46.1 Å². The zero-order chi connectivity index (χ0) is 8.11. The smallest absolute Gasteiger partial charge is 0.0629 e. The summed E-state index contributed by atoms with van der Waals surface area (Å²) in [6.45, 7) is 7.87. The van der Waals surface area contributed by atoms with Gasteiger partial charge in [0.1, 0.15) is 0 Å². The van der Waals surface area contributed by atoms with Crippen LogP contribution in [-0.2, 0) is 4.74 Å². The molecule has 0 aromatic heterocycles. The summed E-state index contributed by atoms with van der Waals surface area (Å²) in [4.78, 5) is 0. The van der Waals surface area contributed by atoms with Crippen LogP contribution in [0, 0.1) is 10.8 Å². The van der Waals surface area contributed by atoms with Crippen molar-refractivity contribution < 1.29 is 4.74 Å². The van der Waals surface area contributed by atoms with Crippen LogP contribution in [-0.4, -0.2) is 12.7 Å². The lowest BCUT2D eigenvalue weighted by atomic mass is 9.85. The zero-order valence-electron chi connectivity index (χ0n) is 7.81. The largest absolute Gasteiger partial charge is 0.377 e. The second kappa shape index (κ2) is 2.01. The molecule has 2 aliphatic rings. The summed E-state index contributed by atoms with van der Waals surface area (Å²) >= 11 is 0. The molecular weight excluding hydrogens is 136 g/mol. The highest BCUT2D eigenvalue weighted by atomic mass is 16.5. The van der Waals surface area contributed by atoms with Crippen LogP contribution in [0.25, 0.3) is 0 Å². The maximum Gasteiger partial charge on any atom is 0.0629 e. The number of hydrogen-bond donors (Lipinski definition) is 0. The highest BCUT2D eigenvalue weighted by molar-refractivity contribution is 5.01. The third-order valence-corrected chi connectivity index (χ3v) is 3.13. The first kappa shape index (κ1) is 7.60. The lowest BCUT2D eigenvalue weighted by Gasteiger charge is -2.25. The highest BCUT2D eigenvalue weighted by Gasteiger charge is 2.51. The summed E-state index contributed by atoms with van der Waals surface area (Å²) in [5.41, 5.74) is 1.00. The van der Waals surface area contributed by atoms with E-state index < -0.39 is 0 Å². The second-order valence-corrected chi connectivity index (χ2v) is 5.37. The van der Waals surface area contributed by atoms with Gasteiger partial charge in [0.2, 0.25) is 0 Å². The van der Waals surface area contributed by atoms with Gasteiger partial charge in [-0.3, -0.25) is 0 Å². The predicted octanol–water partition coefficient (Wildman–Crippen LogP) is 2.60. The molecule has 1 heterocycles. The molecule has 11 heavy (non-hydrogen) atoms. The van der Waals surface area contributed by atoms with Crippen LogP contribution in [0.15, 0.2) is 0 Å². The van der Waals surface area contributed by atoms with E-state index in [1.165, 1.54) is 19.3 Å². The molecule has 0 unspecified atom stereocenters. The van der Waals surface area contributed by atoms with Gasteiger partial charge in [-0.25, -0.2) is 0 Å². The molecular formula is C10H18O. The van der Waals surface area contributed by atoms with Crippen molar-refractivity contribution >= 4 is 0 Å². The fourth-order valence-corrected chi connectivity index (χ4v) is 1.87. The molecule has 0 N–H and O–H groups in total. The SMILES string of the molecule is CC(C)(C)[C@@H]1CC2(CC2)CO1. The Morgan fingerprint density at radius 1 is 1.27 bits per heavy atom. The van der Waals surface area contributed by atoms with Crippen molar-refractivity contribution in [2.24, 2.45) is 10.8 Å². The van der Waals surface area contributed by atoms with E-state index in [2.05, 4.69) is 20.8 Å². The van der Waals surface area contributed by atoms with Crippen molar-refractivity contribution in [3.8, 4) is 0 Å². The van der Waals surface area contributed by atoms with Gasteiger partial charge in [-0.2, -0.15) is 0 Å². The summed E-state index contributed by atoms with van der Waals surface area (Å²) in [6, 6.07) is 0. The number of hydrogen-bond acceptors (Lipinski definition) is 1. The normalized spacial score (nSPS) is 34.6. The van der Waals surface area contributed by atoms with Crippen molar-refractivity contribution in [3.63, 3.8) is 0 Å². The first-order chi connectivity index (χ1) is 5.02. The monoisotopic (exact) mass is 154 g/mol. The van der Waals surface area contributed by atoms with Crippen molar-refractivity contribution in [3.05, 3.63) is 0 Å². The molecule has 64 valence electrons. The standard InChI is InChI=1S/C10H18O/c1-9(2,3)8-6-10(4-5-10)7-11-8/h8H,4-7H2,1-3H3/t8-/m0/s1. The molecule has 1 saturated heterocycles. The van der Waals surface area contributed by atoms with E-state index in [0.717, 1.165) is 6.61 Å². The van der Waals surface area contributed by atoms with Gasteiger partial charge in [-0.05, 0) is 30.1 Å². The Kier molecular flexibility index (Phi) is 1.39. The molecule has 1 aliphatic heterocycles. The summed E-state index contributed by atoms with van der Waals surface area (Å²) < 4.78 is 5.80. The predicted molar refractivity (Wildman–Crippen MR) is 45.5 cm³/mol. The van der Waals surface area contributed by atoms with E-state index in [0.29, 0.717) is 16.9 Å². The van der Waals surface area contributed by atoms with Crippen LogP contribution >= 0.6 is 0 Å². The first-order valence-electron chi connectivity index (χ1n) is 4.64. The third kappa shape index (κ3) is 1.31. The van der Waals surface area contributed by atoms with Crippen LogP contribution in [0.2, 0.25) is 0 Å². The maximum absolute atomic E-state index is 5.80. The Morgan fingerprint density at radius 2 is 1.91 bits per heavy atom. The van der Waals surface area contributed by atoms with Gasteiger partial charge in [0, 0.05) is 0 Å². The molecule has 1 aliphatic carbocycles. The lowest BCUT2D eigenvalue weighted by molar-refractivity contribution is 0.0273. The van der Waals surface area contributed by atoms with Crippen LogP contribution in [0.3, 0.4) is 0 Å². The van der Waals surface area contributed by atoms with Crippen LogP contribution in [0.4, 0.5) is 0 Å². The van der Waals surface area contributed by atoms with Gasteiger partial charge in [0.05, 0.1) is 12.7 Å². The van der Waals surface area contributed by atoms with Gasteiger partial charge in [0.15, 0.2) is 0 Å². The zero-order valence-corrected chi connectivity index (χ0v) is 7.81. The van der Waals surface area contributed by atoms with Crippen molar-refractivity contribution in [2.75, 3.05) is 6.61 Å². The third-order valence-electron chi connectivity index (χ3n) is 3.13. The molecule has 1 atom stereocenters. The summed E-state index contributed by atoms with van der Waals surface area (Å²) in [5.74, 6) is 0. The van der Waals surface area contributed by atoms with E-state index in [9.17, 15) is 0 Å². The molecule has 0 aromatic rings. The summed E-state index contributed by atoms with van der Waals surface area (Å²) in [5, 5.41) is 0. The minimum atomic E-state index is 0.353. The van der Waals surface area contributed by atoms with Crippen LogP contribution in [0.1, 0.15) is 40.0 Å². The minimum Gasteiger partial charge on any atom is -0.377 e. The van der Waals surface area contributed by atoms with Gasteiger partial charge in [-0.15, -0.1) is 0 Å². The van der Waals surface area contributed by atoms with Gasteiger partial charge < -0.3 is 4.74 Å². The Labute approximate surface area is 69.1 Å². The van der Waals surface area contributed by atoms with Crippen molar-refractivity contribution in [1.82, 2.24) is 0 Å².